The van der Waals surface area contributed by atoms with Gasteiger partial charge in [-0.15, -0.1) is 0 Å². The summed E-state index contributed by atoms with van der Waals surface area (Å²) in [5, 5.41) is 13.5. The Morgan fingerprint density at radius 1 is 1.15 bits per heavy atom. The van der Waals surface area contributed by atoms with E-state index in [1.54, 1.807) is 12.1 Å². The van der Waals surface area contributed by atoms with Gasteiger partial charge in [0.2, 0.25) is 5.82 Å². The van der Waals surface area contributed by atoms with E-state index in [9.17, 15) is 18.9 Å². The zero-order valence-electron chi connectivity index (χ0n) is 10.6. The van der Waals surface area contributed by atoms with Crippen molar-refractivity contribution in [2.75, 3.05) is 5.32 Å². The van der Waals surface area contributed by atoms with Crippen LogP contribution in [0.3, 0.4) is 0 Å². The van der Waals surface area contributed by atoms with Crippen molar-refractivity contribution in [1.29, 1.82) is 0 Å². The topological polar surface area (TPSA) is 55.2 Å². The molecule has 104 valence electrons. The number of rotatable bonds is 4. The number of hydrogen-bond donors (Lipinski definition) is 1. The minimum absolute atomic E-state index is 0.184. The number of anilines is 1. The van der Waals surface area contributed by atoms with Crippen molar-refractivity contribution in [2.24, 2.45) is 0 Å². The molecular weight excluding hydrogens is 266 g/mol. The highest BCUT2D eigenvalue weighted by Gasteiger charge is 2.14. The van der Waals surface area contributed by atoms with Gasteiger partial charge in [0.1, 0.15) is 5.82 Å². The molecule has 0 aromatic heterocycles. The van der Waals surface area contributed by atoms with Gasteiger partial charge in [-0.1, -0.05) is 12.1 Å². The molecule has 2 aromatic rings. The third kappa shape index (κ3) is 3.09. The molecule has 4 nitrogen and oxygen atoms in total. The molecule has 0 heterocycles. The predicted molar refractivity (Wildman–Crippen MR) is 71.5 cm³/mol. The minimum atomic E-state index is -0.897. The summed E-state index contributed by atoms with van der Waals surface area (Å²) in [6.45, 7) is 1.83. The third-order valence-corrected chi connectivity index (χ3v) is 2.90. The Morgan fingerprint density at radius 3 is 2.35 bits per heavy atom. The van der Waals surface area contributed by atoms with Crippen LogP contribution in [0.5, 0.6) is 0 Å². The van der Waals surface area contributed by atoms with Gasteiger partial charge in [0.25, 0.3) is 0 Å². The normalized spacial score (nSPS) is 11.9. The fourth-order valence-corrected chi connectivity index (χ4v) is 1.83. The van der Waals surface area contributed by atoms with Gasteiger partial charge >= 0.3 is 5.69 Å². The fourth-order valence-electron chi connectivity index (χ4n) is 1.83. The van der Waals surface area contributed by atoms with E-state index in [-0.39, 0.29) is 11.9 Å². The van der Waals surface area contributed by atoms with Crippen LogP contribution in [-0.4, -0.2) is 4.92 Å². The molecule has 0 aliphatic rings. The Hall–Kier alpha value is -2.50. The smallest absolute Gasteiger partial charge is 0.304 e. The van der Waals surface area contributed by atoms with Crippen molar-refractivity contribution in [3.05, 3.63) is 69.8 Å². The molecule has 1 atom stereocenters. The minimum Gasteiger partial charge on any atom is -0.378 e. The van der Waals surface area contributed by atoms with E-state index >= 15 is 0 Å². The van der Waals surface area contributed by atoms with Crippen LogP contribution in [0.25, 0.3) is 0 Å². The number of nitro groups is 1. The van der Waals surface area contributed by atoms with Gasteiger partial charge in [-0.3, -0.25) is 10.1 Å². The monoisotopic (exact) mass is 278 g/mol. The van der Waals surface area contributed by atoms with Gasteiger partial charge in [-0.2, -0.15) is 4.39 Å². The van der Waals surface area contributed by atoms with Crippen molar-refractivity contribution in [3.8, 4) is 0 Å². The van der Waals surface area contributed by atoms with Crippen molar-refractivity contribution < 1.29 is 13.7 Å². The molecule has 6 heteroatoms. The molecule has 0 aliphatic heterocycles. The van der Waals surface area contributed by atoms with Crippen molar-refractivity contribution in [3.63, 3.8) is 0 Å². The molecule has 1 unspecified atom stereocenters. The molecular formula is C14H12F2N2O2. The maximum absolute atomic E-state index is 13.5. The fraction of sp³-hybridized carbons (Fsp3) is 0.143. The summed E-state index contributed by atoms with van der Waals surface area (Å²) in [6, 6.07) is 9.34. The van der Waals surface area contributed by atoms with E-state index < -0.39 is 16.4 Å². The van der Waals surface area contributed by atoms with Crippen LogP contribution >= 0.6 is 0 Å². The largest absolute Gasteiger partial charge is 0.378 e. The van der Waals surface area contributed by atoms with Crippen LogP contribution in [0.4, 0.5) is 20.2 Å². The van der Waals surface area contributed by atoms with E-state index in [0.29, 0.717) is 5.69 Å². The second kappa shape index (κ2) is 5.64. The lowest BCUT2D eigenvalue weighted by molar-refractivity contribution is -0.387. The van der Waals surface area contributed by atoms with Crippen LogP contribution in [0, 0.1) is 21.7 Å². The Labute approximate surface area is 114 Å². The van der Waals surface area contributed by atoms with Crippen molar-refractivity contribution in [2.45, 2.75) is 13.0 Å². The molecule has 20 heavy (non-hydrogen) atoms. The number of halogens is 2. The summed E-state index contributed by atoms with van der Waals surface area (Å²) in [6.07, 6.45) is 0. The quantitative estimate of drug-likeness (QED) is 0.678. The lowest BCUT2D eigenvalue weighted by atomic mass is 10.1. The summed E-state index contributed by atoms with van der Waals surface area (Å²) in [4.78, 5) is 9.74. The van der Waals surface area contributed by atoms with Crippen LogP contribution < -0.4 is 5.32 Å². The number of benzene rings is 2. The average molecular weight is 278 g/mol. The second-order valence-electron chi connectivity index (χ2n) is 4.34. The molecule has 0 fully saturated rings. The average Bonchev–Trinajstić information content (AvgIpc) is 2.39. The van der Waals surface area contributed by atoms with Gasteiger partial charge in [-0.25, -0.2) is 4.39 Å². The lowest BCUT2D eigenvalue weighted by Crippen LogP contribution is -2.07. The summed E-state index contributed by atoms with van der Waals surface area (Å²) in [5.41, 5.74) is 0.681. The summed E-state index contributed by atoms with van der Waals surface area (Å²) in [7, 11) is 0. The first-order chi connectivity index (χ1) is 9.47. The number of nitrogens with zero attached hydrogens (tertiary/aromatic N) is 1. The SMILES string of the molecule is CC(Nc1ccc([N+](=O)[O-])c(F)c1)c1ccc(F)cc1. The molecule has 2 aromatic carbocycles. The highest BCUT2D eigenvalue weighted by atomic mass is 19.1. The second-order valence-corrected chi connectivity index (χ2v) is 4.34. The van der Waals surface area contributed by atoms with Gasteiger partial charge < -0.3 is 5.32 Å². The van der Waals surface area contributed by atoms with E-state index in [0.717, 1.165) is 17.7 Å². The maximum Gasteiger partial charge on any atom is 0.304 e. The number of nitro benzene ring substituents is 1. The maximum atomic E-state index is 13.5. The van der Waals surface area contributed by atoms with Crippen LogP contribution in [0.15, 0.2) is 42.5 Å². The lowest BCUT2D eigenvalue weighted by Gasteiger charge is -2.15. The predicted octanol–water partition coefficient (Wildman–Crippen LogP) is 4.05. The highest BCUT2D eigenvalue weighted by Crippen LogP contribution is 2.24. The van der Waals surface area contributed by atoms with E-state index in [2.05, 4.69) is 5.32 Å². The Morgan fingerprint density at radius 2 is 1.80 bits per heavy atom. The highest BCUT2D eigenvalue weighted by molar-refractivity contribution is 5.50. The Balaban J connectivity index is 2.15. The van der Waals surface area contributed by atoms with Gasteiger partial charge in [0, 0.05) is 23.9 Å². The molecule has 0 amide bonds. The summed E-state index contributed by atoms with van der Waals surface area (Å²) in [5.74, 6) is -1.23. The van der Waals surface area contributed by atoms with Crippen LogP contribution in [0.2, 0.25) is 0 Å². The standard InChI is InChI=1S/C14H12F2N2O2/c1-9(10-2-4-11(15)5-3-10)17-12-6-7-14(18(19)20)13(16)8-12/h2-9,17H,1H3. The summed E-state index contributed by atoms with van der Waals surface area (Å²) >= 11 is 0. The first-order valence-electron chi connectivity index (χ1n) is 5.93. The van der Waals surface area contributed by atoms with Gasteiger partial charge in [-0.05, 0) is 30.7 Å². The van der Waals surface area contributed by atoms with Crippen LogP contribution in [0.1, 0.15) is 18.5 Å². The van der Waals surface area contributed by atoms with E-state index in [4.69, 9.17) is 0 Å². The molecule has 0 spiro atoms. The van der Waals surface area contributed by atoms with Crippen molar-refractivity contribution in [1.82, 2.24) is 0 Å². The molecule has 1 N–H and O–H groups in total. The number of hydrogen-bond acceptors (Lipinski definition) is 3. The van der Waals surface area contributed by atoms with E-state index in [1.807, 2.05) is 6.92 Å². The van der Waals surface area contributed by atoms with Crippen molar-refractivity contribution >= 4 is 11.4 Å². The molecule has 0 aliphatic carbocycles. The summed E-state index contributed by atoms with van der Waals surface area (Å²) < 4.78 is 26.3. The zero-order valence-corrected chi connectivity index (χ0v) is 10.6. The molecule has 2 rings (SSSR count). The number of nitrogens with one attached hydrogen (secondary N) is 1. The Kier molecular flexibility index (Phi) is 3.93. The first-order valence-corrected chi connectivity index (χ1v) is 5.93. The zero-order chi connectivity index (χ0) is 14.7. The van der Waals surface area contributed by atoms with Crippen LogP contribution in [-0.2, 0) is 0 Å². The molecule has 0 saturated carbocycles. The third-order valence-electron chi connectivity index (χ3n) is 2.90. The molecule has 0 radical (unpaired) electrons. The van der Waals surface area contributed by atoms with Gasteiger partial charge in [0.05, 0.1) is 4.92 Å². The Bertz CT molecular complexity index is 630. The molecule has 0 saturated heterocycles. The molecule has 0 bridgehead atoms. The first kappa shape index (κ1) is 13.9. The van der Waals surface area contributed by atoms with Gasteiger partial charge in [0.15, 0.2) is 0 Å². The van der Waals surface area contributed by atoms with E-state index in [1.165, 1.54) is 18.2 Å².